The third-order valence-electron chi connectivity index (χ3n) is 4.83. The van der Waals surface area contributed by atoms with Crippen LogP contribution < -0.4 is 0 Å². The van der Waals surface area contributed by atoms with Crippen molar-refractivity contribution in [3.8, 4) is 0 Å². The second kappa shape index (κ2) is 9.17. The molecule has 0 saturated carbocycles. The molecule has 2 atom stereocenters. The third-order valence-corrected chi connectivity index (χ3v) is 4.83. The van der Waals surface area contributed by atoms with Crippen LogP contribution in [0.3, 0.4) is 0 Å². The van der Waals surface area contributed by atoms with Gasteiger partial charge in [0.15, 0.2) is 0 Å². The van der Waals surface area contributed by atoms with E-state index in [-0.39, 0.29) is 23.3 Å². The molecule has 0 N–H and O–H groups in total. The van der Waals surface area contributed by atoms with Crippen molar-refractivity contribution in [2.45, 2.75) is 65.1 Å². The first-order chi connectivity index (χ1) is 12.3. The summed E-state index contributed by atoms with van der Waals surface area (Å²) >= 11 is 0. The van der Waals surface area contributed by atoms with Gasteiger partial charge in [-0.25, -0.2) is 4.79 Å². The van der Waals surface area contributed by atoms with E-state index in [1.807, 2.05) is 51.1 Å². The summed E-state index contributed by atoms with van der Waals surface area (Å²) in [7, 11) is 1.38. The fourth-order valence-electron chi connectivity index (χ4n) is 3.58. The number of rotatable bonds is 8. The molecule has 0 radical (unpaired) electrons. The summed E-state index contributed by atoms with van der Waals surface area (Å²) in [6, 6.07) is 9.61. The van der Waals surface area contributed by atoms with Crippen LogP contribution in [0.1, 0.15) is 52.0 Å². The van der Waals surface area contributed by atoms with Crippen LogP contribution in [0.4, 0.5) is 0 Å². The summed E-state index contributed by atoms with van der Waals surface area (Å²) in [6.07, 6.45) is 2.99. The van der Waals surface area contributed by atoms with Crippen LogP contribution in [-0.4, -0.2) is 42.6 Å². The third kappa shape index (κ3) is 5.31. The lowest BCUT2D eigenvalue weighted by Gasteiger charge is -2.39. The summed E-state index contributed by atoms with van der Waals surface area (Å²) in [5, 5.41) is 0. The van der Waals surface area contributed by atoms with Gasteiger partial charge in [-0.1, -0.05) is 51.1 Å². The van der Waals surface area contributed by atoms with E-state index in [9.17, 15) is 9.59 Å². The standard InChI is InChI=1S/C21H31NO4/c1-21(2,3)19(20(24)25-4)22-17(12-13-18(22)23)11-8-14-26-15-16-9-6-5-7-10-16/h5-7,9-10,17,19H,8,11-15H2,1-4H3/t17?,19-/m1/s1. The SMILES string of the molecule is COC(=O)[C@@H](N1C(=O)CCC1CCCOCc1ccccc1)C(C)(C)C. The Bertz CT molecular complexity index is 594. The van der Waals surface area contributed by atoms with Gasteiger partial charge in [-0.2, -0.15) is 0 Å². The Balaban J connectivity index is 1.89. The van der Waals surface area contributed by atoms with Crippen molar-refractivity contribution in [1.29, 1.82) is 0 Å². The van der Waals surface area contributed by atoms with Crippen molar-refractivity contribution in [2.24, 2.45) is 5.41 Å². The molecule has 1 unspecified atom stereocenters. The van der Waals surface area contributed by atoms with Crippen LogP contribution in [-0.2, 0) is 25.7 Å². The fourth-order valence-corrected chi connectivity index (χ4v) is 3.58. The monoisotopic (exact) mass is 361 g/mol. The van der Waals surface area contributed by atoms with Crippen molar-refractivity contribution in [3.63, 3.8) is 0 Å². The lowest BCUT2D eigenvalue weighted by atomic mass is 9.85. The van der Waals surface area contributed by atoms with Crippen LogP contribution in [0.25, 0.3) is 0 Å². The number of benzene rings is 1. The number of nitrogens with zero attached hydrogens (tertiary/aromatic N) is 1. The van der Waals surface area contributed by atoms with E-state index < -0.39 is 6.04 Å². The average Bonchev–Trinajstić information content (AvgIpc) is 2.95. The van der Waals surface area contributed by atoms with Crippen LogP contribution in [0, 0.1) is 5.41 Å². The molecule has 1 aliphatic rings. The average molecular weight is 361 g/mol. The topological polar surface area (TPSA) is 55.8 Å². The van der Waals surface area contributed by atoms with Gasteiger partial charge in [0.2, 0.25) is 5.91 Å². The summed E-state index contributed by atoms with van der Waals surface area (Å²) < 4.78 is 10.7. The first kappa shape index (κ1) is 20.4. The van der Waals surface area contributed by atoms with Gasteiger partial charge < -0.3 is 14.4 Å². The lowest BCUT2D eigenvalue weighted by Crippen LogP contribution is -2.53. The Morgan fingerprint density at radius 1 is 1.27 bits per heavy atom. The van der Waals surface area contributed by atoms with Crippen molar-refractivity contribution >= 4 is 11.9 Å². The van der Waals surface area contributed by atoms with E-state index in [1.54, 1.807) is 4.90 Å². The van der Waals surface area contributed by atoms with Crippen molar-refractivity contribution in [2.75, 3.05) is 13.7 Å². The second-order valence-corrected chi connectivity index (χ2v) is 7.97. The van der Waals surface area contributed by atoms with Crippen molar-refractivity contribution < 1.29 is 19.1 Å². The van der Waals surface area contributed by atoms with E-state index in [2.05, 4.69) is 0 Å². The molecule has 1 aromatic carbocycles. The van der Waals surface area contributed by atoms with Gasteiger partial charge in [-0.15, -0.1) is 0 Å². The molecule has 1 heterocycles. The molecule has 0 spiro atoms. The first-order valence-corrected chi connectivity index (χ1v) is 9.35. The molecule has 2 rings (SSSR count). The minimum Gasteiger partial charge on any atom is -0.467 e. The maximum Gasteiger partial charge on any atom is 0.329 e. The van der Waals surface area contributed by atoms with Crippen LogP contribution >= 0.6 is 0 Å². The van der Waals surface area contributed by atoms with E-state index in [0.29, 0.717) is 19.6 Å². The van der Waals surface area contributed by atoms with Gasteiger partial charge in [0.1, 0.15) is 6.04 Å². The zero-order valence-electron chi connectivity index (χ0n) is 16.4. The predicted octanol–water partition coefficient (Wildman–Crippen LogP) is 3.56. The van der Waals surface area contributed by atoms with E-state index in [4.69, 9.17) is 9.47 Å². The number of likely N-dealkylation sites (tertiary alicyclic amines) is 1. The van der Waals surface area contributed by atoms with Crippen LogP contribution in [0.2, 0.25) is 0 Å². The molecular weight excluding hydrogens is 330 g/mol. The molecule has 1 aromatic rings. The van der Waals surface area contributed by atoms with E-state index in [1.165, 1.54) is 7.11 Å². The second-order valence-electron chi connectivity index (χ2n) is 7.97. The molecule has 0 aromatic heterocycles. The largest absolute Gasteiger partial charge is 0.467 e. The molecule has 5 heteroatoms. The fraction of sp³-hybridized carbons (Fsp3) is 0.619. The van der Waals surface area contributed by atoms with E-state index in [0.717, 1.165) is 24.8 Å². The smallest absolute Gasteiger partial charge is 0.329 e. The lowest BCUT2D eigenvalue weighted by molar-refractivity contribution is -0.157. The molecule has 0 aliphatic carbocycles. The quantitative estimate of drug-likeness (QED) is 0.525. The maximum atomic E-state index is 12.5. The minimum absolute atomic E-state index is 0.0468. The highest BCUT2D eigenvalue weighted by Crippen LogP contribution is 2.33. The Morgan fingerprint density at radius 3 is 2.58 bits per heavy atom. The zero-order chi connectivity index (χ0) is 19.2. The molecule has 1 aliphatic heterocycles. The summed E-state index contributed by atoms with van der Waals surface area (Å²) in [5.74, 6) is -0.288. The highest BCUT2D eigenvalue weighted by Gasteiger charge is 2.45. The highest BCUT2D eigenvalue weighted by molar-refractivity contribution is 5.86. The number of carbonyl (C=O) groups is 2. The number of methoxy groups -OCH3 is 1. The van der Waals surface area contributed by atoms with Crippen LogP contribution in [0.5, 0.6) is 0 Å². The molecule has 1 saturated heterocycles. The molecule has 5 nitrogen and oxygen atoms in total. The summed E-state index contributed by atoms with van der Waals surface area (Å²) in [4.78, 5) is 26.6. The molecule has 26 heavy (non-hydrogen) atoms. The van der Waals surface area contributed by atoms with E-state index >= 15 is 0 Å². The van der Waals surface area contributed by atoms with Gasteiger partial charge in [-0.05, 0) is 30.2 Å². The van der Waals surface area contributed by atoms with Gasteiger partial charge in [0, 0.05) is 19.1 Å². The molecule has 144 valence electrons. The number of hydrogen-bond acceptors (Lipinski definition) is 4. The molecule has 1 fully saturated rings. The summed E-state index contributed by atoms with van der Waals surface area (Å²) in [6.45, 7) is 7.16. The zero-order valence-corrected chi connectivity index (χ0v) is 16.4. The maximum absolute atomic E-state index is 12.5. The predicted molar refractivity (Wildman–Crippen MR) is 100 cm³/mol. The first-order valence-electron chi connectivity index (χ1n) is 9.35. The molecule has 0 bridgehead atoms. The number of carbonyl (C=O) groups excluding carboxylic acids is 2. The van der Waals surface area contributed by atoms with Crippen molar-refractivity contribution in [1.82, 2.24) is 4.90 Å². The number of hydrogen-bond donors (Lipinski definition) is 0. The highest BCUT2D eigenvalue weighted by atomic mass is 16.5. The Kier molecular flexibility index (Phi) is 7.21. The molecular formula is C21H31NO4. The Labute approximate surface area is 156 Å². The van der Waals surface area contributed by atoms with Gasteiger partial charge >= 0.3 is 5.97 Å². The number of ether oxygens (including phenoxy) is 2. The van der Waals surface area contributed by atoms with Gasteiger partial charge in [0.25, 0.3) is 0 Å². The van der Waals surface area contributed by atoms with Gasteiger partial charge in [0.05, 0.1) is 13.7 Å². The number of esters is 1. The Morgan fingerprint density at radius 2 is 1.96 bits per heavy atom. The molecule has 1 amide bonds. The number of amides is 1. The minimum atomic E-state index is -0.544. The van der Waals surface area contributed by atoms with Crippen molar-refractivity contribution in [3.05, 3.63) is 35.9 Å². The van der Waals surface area contributed by atoms with Gasteiger partial charge in [-0.3, -0.25) is 4.79 Å². The summed E-state index contributed by atoms with van der Waals surface area (Å²) in [5.41, 5.74) is 0.790. The Hall–Kier alpha value is -1.88. The normalized spacial score (nSPS) is 18.8. The van der Waals surface area contributed by atoms with Crippen LogP contribution in [0.15, 0.2) is 30.3 Å².